The Bertz CT molecular complexity index is 70.9. The Labute approximate surface area is 50.3 Å². The van der Waals surface area contributed by atoms with E-state index in [1.54, 1.807) is 7.05 Å². The van der Waals surface area contributed by atoms with Crippen LogP contribution < -0.4 is 5.32 Å². The Balaban J connectivity index is 3.51. The molecule has 0 unspecified atom stereocenters. The Hall–Kier alpha value is -0.370. The summed E-state index contributed by atoms with van der Waals surface area (Å²) >= 11 is 0. The largest absolute Gasteiger partial charge is 0.311 e. The summed E-state index contributed by atoms with van der Waals surface area (Å²) in [5.41, 5.74) is 0. The number of hydrogen-bond donors (Lipinski definition) is 1. The van der Waals surface area contributed by atoms with Gasteiger partial charge in [-0.05, 0) is 13.0 Å². The molecular formula is C6H13NO. The summed E-state index contributed by atoms with van der Waals surface area (Å²) in [6.07, 6.45) is 0.935. The molecule has 0 aliphatic rings. The fraction of sp³-hybridized carbons (Fsp3) is 0.833. The molecule has 0 radical (unpaired) electrons. The predicted octanol–water partition coefficient (Wildman–Crippen LogP) is 0.429. The molecule has 8 heavy (non-hydrogen) atoms. The minimum Gasteiger partial charge on any atom is -0.311 e. The van der Waals surface area contributed by atoms with E-state index in [-0.39, 0.29) is 6.04 Å². The topological polar surface area (TPSA) is 29.1 Å². The second-order valence-electron chi connectivity index (χ2n) is 2.19. The molecule has 0 heterocycles. The zero-order valence-corrected chi connectivity index (χ0v) is 5.64. The van der Waals surface area contributed by atoms with Crippen molar-refractivity contribution in [1.29, 1.82) is 0 Å². The fourth-order valence-corrected chi connectivity index (χ4v) is 0.559. The lowest BCUT2D eigenvalue weighted by Crippen LogP contribution is -2.31. The lowest BCUT2D eigenvalue weighted by Gasteiger charge is -2.11. The highest BCUT2D eigenvalue weighted by Crippen LogP contribution is 1.95. The van der Waals surface area contributed by atoms with Crippen LogP contribution in [0.3, 0.4) is 0 Å². The van der Waals surface area contributed by atoms with Crippen molar-refractivity contribution in [2.75, 3.05) is 7.05 Å². The number of likely N-dealkylation sites (N-methyl/N-ethyl adjacent to an activating group) is 1. The van der Waals surface area contributed by atoms with Crippen molar-refractivity contribution in [3.05, 3.63) is 0 Å². The molecule has 0 aliphatic carbocycles. The van der Waals surface area contributed by atoms with Crippen molar-refractivity contribution < 1.29 is 4.79 Å². The average Bonchev–Trinajstić information content (AvgIpc) is 1.69. The summed E-state index contributed by atoms with van der Waals surface area (Å²) in [6.45, 7) is 4.02. The van der Waals surface area contributed by atoms with E-state index in [1.807, 2.05) is 13.8 Å². The first-order valence-corrected chi connectivity index (χ1v) is 2.85. The van der Waals surface area contributed by atoms with Crippen molar-refractivity contribution in [3.8, 4) is 0 Å². The molecular weight excluding hydrogens is 102 g/mol. The molecule has 0 aromatic heterocycles. The highest BCUT2D eigenvalue weighted by molar-refractivity contribution is 5.57. The molecule has 0 bridgehead atoms. The summed E-state index contributed by atoms with van der Waals surface area (Å²) in [5.74, 6) is 0.400. The molecule has 2 nitrogen and oxygen atoms in total. The van der Waals surface area contributed by atoms with Crippen LogP contribution in [0.1, 0.15) is 13.8 Å². The van der Waals surface area contributed by atoms with Gasteiger partial charge < -0.3 is 10.1 Å². The lowest BCUT2D eigenvalue weighted by atomic mass is 10.1. The van der Waals surface area contributed by atoms with Crippen LogP contribution in [-0.4, -0.2) is 19.4 Å². The van der Waals surface area contributed by atoms with Gasteiger partial charge in [-0.25, -0.2) is 0 Å². The second kappa shape index (κ2) is 3.61. The van der Waals surface area contributed by atoms with E-state index in [0.717, 1.165) is 6.29 Å². The predicted molar refractivity (Wildman–Crippen MR) is 33.7 cm³/mol. The van der Waals surface area contributed by atoms with E-state index in [1.165, 1.54) is 0 Å². The zero-order chi connectivity index (χ0) is 6.57. The van der Waals surface area contributed by atoms with E-state index >= 15 is 0 Å². The van der Waals surface area contributed by atoms with Gasteiger partial charge in [0.2, 0.25) is 0 Å². The van der Waals surface area contributed by atoms with E-state index in [4.69, 9.17) is 0 Å². The number of hydrogen-bond acceptors (Lipinski definition) is 2. The van der Waals surface area contributed by atoms with Crippen molar-refractivity contribution in [2.24, 2.45) is 5.92 Å². The quantitative estimate of drug-likeness (QED) is 0.540. The van der Waals surface area contributed by atoms with Crippen molar-refractivity contribution in [2.45, 2.75) is 19.9 Å². The summed E-state index contributed by atoms with van der Waals surface area (Å²) in [5, 5.41) is 2.88. The number of rotatable bonds is 3. The minimum absolute atomic E-state index is 0.0231. The Morgan fingerprint density at radius 2 is 2.00 bits per heavy atom. The van der Waals surface area contributed by atoms with Crippen LogP contribution in [0.25, 0.3) is 0 Å². The highest BCUT2D eigenvalue weighted by atomic mass is 16.1. The first kappa shape index (κ1) is 7.63. The van der Waals surface area contributed by atoms with E-state index in [9.17, 15) is 4.79 Å². The first-order chi connectivity index (χ1) is 3.72. The van der Waals surface area contributed by atoms with E-state index in [0.29, 0.717) is 5.92 Å². The van der Waals surface area contributed by atoms with Gasteiger partial charge >= 0.3 is 0 Å². The maximum atomic E-state index is 10.1. The number of carbonyl (C=O) groups excluding carboxylic acids is 1. The van der Waals surface area contributed by atoms with Gasteiger partial charge in [-0.15, -0.1) is 0 Å². The van der Waals surface area contributed by atoms with Crippen LogP contribution in [0.15, 0.2) is 0 Å². The molecule has 2 heteroatoms. The smallest absolute Gasteiger partial charge is 0.137 e. The van der Waals surface area contributed by atoms with E-state index < -0.39 is 0 Å². The van der Waals surface area contributed by atoms with Crippen LogP contribution in [0, 0.1) is 5.92 Å². The molecule has 0 saturated heterocycles. The summed E-state index contributed by atoms with van der Waals surface area (Å²) in [6, 6.07) is 0.0231. The minimum atomic E-state index is 0.0231. The molecule has 0 spiro atoms. The SMILES string of the molecule is CN[C@H](C=O)C(C)C. The maximum absolute atomic E-state index is 10.1. The molecule has 0 aromatic rings. The maximum Gasteiger partial charge on any atom is 0.137 e. The fourth-order valence-electron chi connectivity index (χ4n) is 0.559. The standard InChI is InChI=1S/C6H13NO/c1-5(2)6(4-8)7-3/h4-7H,1-3H3/t6-/m1/s1. The molecule has 1 N–H and O–H groups in total. The van der Waals surface area contributed by atoms with Crippen molar-refractivity contribution in [3.63, 3.8) is 0 Å². The molecule has 1 atom stereocenters. The molecule has 0 fully saturated rings. The Morgan fingerprint density at radius 3 is 2.00 bits per heavy atom. The molecule has 0 amide bonds. The number of aldehydes is 1. The van der Waals surface area contributed by atoms with Gasteiger partial charge in [0.1, 0.15) is 6.29 Å². The molecule has 0 saturated carbocycles. The third kappa shape index (κ3) is 2.07. The normalized spacial score (nSPS) is 14.0. The van der Waals surface area contributed by atoms with Gasteiger partial charge in [0.15, 0.2) is 0 Å². The summed E-state index contributed by atoms with van der Waals surface area (Å²) < 4.78 is 0. The lowest BCUT2D eigenvalue weighted by molar-refractivity contribution is -0.110. The van der Waals surface area contributed by atoms with Crippen molar-refractivity contribution >= 4 is 6.29 Å². The molecule has 48 valence electrons. The van der Waals surface area contributed by atoms with Gasteiger partial charge in [-0.3, -0.25) is 0 Å². The van der Waals surface area contributed by atoms with Gasteiger partial charge in [0.25, 0.3) is 0 Å². The van der Waals surface area contributed by atoms with Crippen LogP contribution in [0.4, 0.5) is 0 Å². The Kier molecular flexibility index (Phi) is 3.44. The van der Waals surface area contributed by atoms with Gasteiger partial charge in [-0.2, -0.15) is 0 Å². The van der Waals surface area contributed by atoms with Crippen LogP contribution in [0.2, 0.25) is 0 Å². The van der Waals surface area contributed by atoms with Gasteiger partial charge in [0, 0.05) is 0 Å². The highest BCUT2D eigenvalue weighted by Gasteiger charge is 2.06. The zero-order valence-electron chi connectivity index (χ0n) is 5.64. The summed E-state index contributed by atoms with van der Waals surface area (Å²) in [4.78, 5) is 10.1. The Morgan fingerprint density at radius 1 is 1.50 bits per heavy atom. The first-order valence-electron chi connectivity index (χ1n) is 2.85. The van der Waals surface area contributed by atoms with Crippen molar-refractivity contribution in [1.82, 2.24) is 5.32 Å². The second-order valence-corrected chi connectivity index (χ2v) is 2.19. The number of carbonyl (C=O) groups is 1. The third-order valence-electron chi connectivity index (χ3n) is 1.20. The van der Waals surface area contributed by atoms with Crippen LogP contribution in [0.5, 0.6) is 0 Å². The van der Waals surface area contributed by atoms with Crippen LogP contribution >= 0.6 is 0 Å². The monoisotopic (exact) mass is 115 g/mol. The molecule has 0 aromatic carbocycles. The van der Waals surface area contributed by atoms with Gasteiger partial charge in [0.05, 0.1) is 6.04 Å². The number of nitrogens with one attached hydrogen (secondary N) is 1. The summed E-state index contributed by atoms with van der Waals surface area (Å²) in [7, 11) is 1.79. The van der Waals surface area contributed by atoms with Crippen LogP contribution in [-0.2, 0) is 4.79 Å². The van der Waals surface area contributed by atoms with Gasteiger partial charge in [-0.1, -0.05) is 13.8 Å². The average molecular weight is 115 g/mol. The van der Waals surface area contributed by atoms with E-state index in [2.05, 4.69) is 5.32 Å². The third-order valence-corrected chi connectivity index (χ3v) is 1.20. The molecule has 0 aliphatic heterocycles. The molecule has 0 rings (SSSR count).